The summed E-state index contributed by atoms with van der Waals surface area (Å²) in [6.07, 6.45) is 5.35. The average Bonchev–Trinajstić information content (AvgIpc) is 2.93. The lowest BCUT2D eigenvalue weighted by Crippen LogP contribution is -2.25. The number of aromatic nitrogens is 2. The topological polar surface area (TPSA) is 101 Å². The Bertz CT molecular complexity index is 506. The summed E-state index contributed by atoms with van der Waals surface area (Å²) in [4.78, 5) is 30.4. The molecule has 20 heavy (non-hydrogen) atoms. The van der Waals surface area contributed by atoms with E-state index in [1.54, 1.807) is 0 Å². The molecule has 0 radical (unpaired) electrons. The molecule has 0 aromatic carbocycles. The van der Waals surface area contributed by atoms with E-state index in [1.807, 2.05) is 0 Å². The van der Waals surface area contributed by atoms with Gasteiger partial charge in [-0.15, -0.1) is 0 Å². The summed E-state index contributed by atoms with van der Waals surface area (Å²) in [5, 5.41) is 12.2. The number of esters is 1. The molecule has 7 heteroatoms. The van der Waals surface area contributed by atoms with Crippen molar-refractivity contribution in [2.24, 2.45) is 11.8 Å². The Kier molecular flexibility index (Phi) is 4.49. The quantitative estimate of drug-likeness (QED) is 0.780. The summed E-state index contributed by atoms with van der Waals surface area (Å²) in [5.41, 5.74) is 0.124. The lowest BCUT2D eigenvalue weighted by molar-refractivity contribution is -0.142. The molecule has 2 atom stereocenters. The van der Waals surface area contributed by atoms with Gasteiger partial charge in [-0.05, 0) is 18.8 Å². The first-order valence-electron chi connectivity index (χ1n) is 6.49. The molecule has 108 valence electrons. The fourth-order valence-electron chi connectivity index (χ4n) is 2.50. The standard InChI is InChI=1S/C13H17N3O4/c1-20-13(19)10-6-14-7-11(16-10)15-5-8-3-2-4-9(8)12(17)18/h6-9H,2-5H2,1H3,(H,15,16)(H,17,18). The maximum atomic E-state index is 11.3. The zero-order valence-electron chi connectivity index (χ0n) is 11.2. The molecule has 7 nitrogen and oxygen atoms in total. The van der Waals surface area contributed by atoms with E-state index in [4.69, 9.17) is 5.11 Å². The first-order valence-corrected chi connectivity index (χ1v) is 6.49. The van der Waals surface area contributed by atoms with E-state index in [-0.39, 0.29) is 17.5 Å². The van der Waals surface area contributed by atoms with Gasteiger partial charge in [0.15, 0.2) is 5.69 Å². The van der Waals surface area contributed by atoms with Crippen LogP contribution in [-0.2, 0) is 9.53 Å². The number of nitrogens with one attached hydrogen (secondary N) is 1. The molecule has 0 saturated heterocycles. The van der Waals surface area contributed by atoms with Crippen LogP contribution in [0.2, 0.25) is 0 Å². The van der Waals surface area contributed by atoms with Crippen molar-refractivity contribution in [3.05, 3.63) is 18.1 Å². The van der Waals surface area contributed by atoms with Crippen LogP contribution in [-0.4, -0.2) is 40.7 Å². The highest BCUT2D eigenvalue weighted by atomic mass is 16.5. The molecule has 1 fully saturated rings. The lowest BCUT2D eigenvalue weighted by Gasteiger charge is -2.16. The van der Waals surface area contributed by atoms with Gasteiger partial charge in [0.1, 0.15) is 5.82 Å². The molecule has 0 spiro atoms. The summed E-state index contributed by atoms with van der Waals surface area (Å²) < 4.78 is 4.57. The number of carbonyl (C=O) groups is 2. The molecule has 0 amide bonds. The third-order valence-corrected chi connectivity index (χ3v) is 3.55. The fourth-order valence-corrected chi connectivity index (χ4v) is 2.50. The van der Waals surface area contributed by atoms with Gasteiger partial charge in [0.2, 0.25) is 0 Å². The van der Waals surface area contributed by atoms with E-state index >= 15 is 0 Å². The number of nitrogens with zero attached hydrogens (tertiary/aromatic N) is 2. The van der Waals surface area contributed by atoms with Crippen LogP contribution in [0, 0.1) is 11.8 Å². The molecule has 1 heterocycles. The van der Waals surface area contributed by atoms with Crippen molar-refractivity contribution in [2.75, 3.05) is 19.0 Å². The van der Waals surface area contributed by atoms with Crippen LogP contribution in [0.3, 0.4) is 0 Å². The monoisotopic (exact) mass is 279 g/mol. The van der Waals surface area contributed by atoms with Crippen molar-refractivity contribution in [1.82, 2.24) is 9.97 Å². The summed E-state index contributed by atoms with van der Waals surface area (Å²) >= 11 is 0. The molecular formula is C13H17N3O4. The van der Waals surface area contributed by atoms with Crippen molar-refractivity contribution >= 4 is 17.8 Å². The molecule has 1 aromatic rings. The number of hydrogen-bond acceptors (Lipinski definition) is 6. The van der Waals surface area contributed by atoms with E-state index in [2.05, 4.69) is 20.0 Å². The molecular weight excluding hydrogens is 262 g/mol. The zero-order chi connectivity index (χ0) is 14.5. The van der Waals surface area contributed by atoms with Gasteiger partial charge in [-0.3, -0.25) is 9.78 Å². The van der Waals surface area contributed by atoms with Gasteiger partial charge in [-0.2, -0.15) is 0 Å². The number of carbonyl (C=O) groups excluding carboxylic acids is 1. The predicted octanol–water partition coefficient (Wildman–Crippen LogP) is 1.18. The van der Waals surface area contributed by atoms with Crippen molar-refractivity contribution in [1.29, 1.82) is 0 Å². The van der Waals surface area contributed by atoms with E-state index in [9.17, 15) is 9.59 Å². The number of rotatable bonds is 5. The third-order valence-electron chi connectivity index (χ3n) is 3.55. The number of anilines is 1. The van der Waals surface area contributed by atoms with E-state index in [0.717, 1.165) is 19.3 Å². The van der Waals surface area contributed by atoms with Crippen molar-refractivity contribution in [2.45, 2.75) is 19.3 Å². The molecule has 0 bridgehead atoms. The Hall–Kier alpha value is -2.18. The highest BCUT2D eigenvalue weighted by Crippen LogP contribution is 2.31. The van der Waals surface area contributed by atoms with Crippen molar-refractivity contribution in [3.8, 4) is 0 Å². The normalized spacial score (nSPS) is 21.4. The number of aliphatic carboxylic acids is 1. The minimum atomic E-state index is -0.747. The van der Waals surface area contributed by atoms with E-state index in [1.165, 1.54) is 19.5 Å². The summed E-state index contributed by atoms with van der Waals surface area (Å²) in [6.45, 7) is 0.510. The van der Waals surface area contributed by atoms with Crippen LogP contribution in [0.25, 0.3) is 0 Å². The molecule has 2 unspecified atom stereocenters. The van der Waals surface area contributed by atoms with Gasteiger partial charge in [0.25, 0.3) is 0 Å². The lowest BCUT2D eigenvalue weighted by atomic mass is 9.96. The summed E-state index contributed by atoms with van der Waals surface area (Å²) in [5.74, 6) is -1.08. The number of carboxylic acids is 1. The van der Waals surface area contributed by atoms with Crippen molar-refractivity contribution < 1.29 is 19.4 Å². The fraction of sp³-hybridized carbons (Fsp3) is 0.538. The Morgan fingerprint density at radius 1 is 1.45 bits per heavy atom. The smallest absolute Gasteiger partial charge is 0.358 e. The van der Waals surface area contributed by atoms with Crippen molar-refractivity contribution in [3.63, 3.8) is 0 Å². The minimum absolute atomic E-state index is 0.0797. The van der Waals surface area contributed by atoms with Crippen LogP contribution >= 0.6 is 0 Å². The SMILES string of the molecule is COC(=O)c1cncc(NCC2CCCC2C(=O)O)n1. The van der Waals surface area contributed by atoms with E-state index < -0.39 is 11.9 Å². The second kappa shape index (κ2) is 6.31. The van der Waals surface area contributed by atoms with Gasteiger partial charge < -0.3 is 15.2 Å². The molecule has 1 aliphatic rings. The summed E-state index contributed by atoms with van der Waals surface area (Å²) in [6, 6.07) is 0. The molecule has 2 N–H and O–H groups in total. The minimum Gasteiger partial charge on any atom is -0.481 e. The maximum Gasteiger partial charge on any atom is 0.358 e. The molecule has 1 saturated carbocycles. The Morgan fingerprint density at radius 3 is 2.95 bits per heavy atom. The number of ether oxygens (including phenoxy) is 1. The molecule has 2 rings (SSSR count). The summed E-state index contributed by atoms with van der Waals surface area (Å²) in [7, 11) is 1.28. The molecule has 1 aliphatic carbocycles. The largest absolute Gasteiger partial charge is 0.481 e. The van der Waals surface area contributed by atoms with Crippen LogP contribution in [0.1, 0.15) is 29.8 Å². The maximum absolute atomic E-state index is 11.3. The molecule has 0 aliphatic heterocycles. The average molecular weight is 279 g/mol. The Labute approximate surface area is 116 Å². The van der Waals surface area contributed by atoms with Gasteiger partial charge in [-0.1, -0.05) is 6.42 Å². The number of carboxylic acid groups (broad SMARTS) is 1. The number of methoxy groups -OCH3 is 1. The van der Waals surface area contributed by atoms with Gasteiger partial charge in [-0.25, -0.2) is 9.78 Å². The van der Waals surface area contributed by atoms with Crippen LogP contribution in [0.5, 0.6) is 0 Å². The van der Waals surface area contributed by atoms with Gasteiger partial charge >= 0.3 is 11.9 Å². The Balaban J connectivity index is 1.97. The molecule has 1 aromatic heterocycles. The van der Waals surface area contributed by atoms with Crippen LogP contribution < -0.4 is 5.32 Å². The predicted molar refractivity (Wildman–Crippen MR) is 70.3 cm³/mol. The Morgan fingerprint density at radius 2 is 2.25 bits per heavy atom. The highest BCUT2D eigenvalue weighted by molar-refractivity contribution is 5.87. The van der Waals surface area contributed by atoms with E-state index in [0.29, 0.717) is 12.4 Å². The zero-order valence-corrected chi connectivity index (χ0v) is 11.2. The van der Waals surface area contributed by atoms with Crippen LogP contribution in [0.4, 0.5) is 5.82 Å². The first kappa shape index (κ1) is 14.2. The first-order chi connectivity index (χ1) is 9.61. The number of hydrogen-bond donors (Lipinski definition) is 2. The second-order valence-electron chi connectivity index (χ2n) is 4.80. The van der Waals surface area contributed by atoms with Crippen LogP contribution in [0.15, 0.2) is 12.4 Å². The highest BCUT2D eigenvalue weighted by Gasteiger charge is 2.32. The van der Waals surface area contributed by atoms with Gasteiger partial charge in [0.05, 0.1) is 25.4 Å². The second-order valence-corrected chi connectivity index (χ2v) is 4.80. The third kappa shape index (κ3) is 3.23. The van der Waals surface area contributed by atoms with Gasteiger partial charge in [0, 0.05) is 6.54 Å².